The van der Waals surface area contributed by atoms with Crippen LogP contribution in [0.2, 0.25) is 0 Å². The summed E-state index contributed by atoms with van der Waals surface area (Å²) in [5, 5.41) is 3.66. The van der Waals surface area contributed by atoms with E-state index in [0.29, 0.717) is 18.3 Å². The lowest BCUT2D eigenvalue weighted by Crippen LogP contribution is -2.30. The third kappa shape index (κ3) is 2.40. The Morgan fingerprint density at radius 1 is 1.75 bits per heavy atom. The Kier molecular flexibility index (Phi) is 3.21. The van der Waals surface area contributed by atoms with Crippen LogP contribution in [0.3, 0.4) is 0 Å². The standard InChI is InChI=1S/C10H16N4O2/c1-2-14(7-3-4-7)6-8-5-9(13-16-8)10(15)12-11/h5,7H,2-4,6,11H2,1H3,(H,12,15). The first-order chi connectivity index (χ1) is 7.74. The first-order valence-corrected chi connectivity index (χ1v) is 5.45. The molecule has 1 aromatic heterocycles. The molecule has 88 valence electrons. The van der Waals surface area contributed by atoms with Gasteiger partial charge in [0.1, 0.15) is 0 Å². The summed E-state index contributed by atoms with van der Waals surface area (Å²) in [6.45, 7) is 3.79. The normalized spacial score (nSPS) is 15.4. The number of aromatic nitrogens is 1. The van der Waals surface area contributed by atoms with E-state index in [-0.39, 0.29) is 5.69 Å². The molecule has 6 heteroatoms. The fraction of sp³-hybridized carbons (Fsp3) is 0.600. The van der Waals surface area contributed by atoms with Crippen molar-refractivity contribution in [2.45, 2.75) is 32.4 Å². The van der Waals surface area contributed by atoms with Gasteiger partial charge >= 0.3 is 0 Å². The summed E-state index contributed by atoms with van der Waals surface area (Å²) in [5.41, 5.74) is 2.25. The highest BCUT2D eigenvalue weighted by Crippen LogP contribution is 2.27. The highest BCUT2D eigenvalue weighted by molar-refractivity contribution is 5.91. The number of nitrogen functional groups attached to an aromatic ring is 1. The summed E-state index contributed by atoms with van der Waals surface area (Å²) >= 11 is 0. The molecule has 0 spiro atoms. The molecule has 0 aromatic carbocycles. The van der Waals surface area contributed by atoms with Crippen LogP contribution >= 0.6 is 0 Å². The summed E-state index contributed by atoms with van der Waals surface area (Å²) < 4.78 is 5.09. The number of rotatable bonds is 5. The number of nitrogens with one attached hydrogen (secondary N) is 1. The topological polar surface area (TPSA) is 84.4 Å². The number of hydrogen-bond acceptors (Lipinski definition) is 5. The van der Waals surface area contributed by atoms with E-state index in [9.17, 15) is 4.79 Å². The minimum absolute atomic E-state index is 0.226. The van der Waals surface area contributed by atoms with E-state index in [1.807, 2.05) is 5.43 Å². The smallest absolute Gasteiger partial charge is 0.287 e. The molecule has 1 aromatic rings. The third-order valence-electron chi connectivity index (χ3n) is 2.75. The molecule has 1 aliphatic rings. The number of carbonyl (C=O) groups excluding carboxylic acids is 1. The van der Waals surface area contributed by atoms with Crippen molar-refractivity contribution in [1.82, 2.24) is 15.5 Å². The molecule has 0 aliphatic heterocycles. The van der Waals surface area contributed by atoms with Crippen LogP contribution in [0.1, 0.15) is 36.0 Å². The van der Waals surface area contributed by atoms with Gasteiger partial charge in [0.25, 0.3) is 5.91 Å². The molecule has 0 radical (unpaired) electrons. The molecule has 6 nitrogen and oxygen atoms in total. The molecule has 3 N–H and O–H groups in total. The fourth-order valence-electron chi connectivity index (χ4n) is 1.71. The van der Waals surface area contributed by atoms with Crippen LogP contribution in [-0.2, 0) is 6.54 Å². The van der Waals surface area contributed by atoms with E-state index >= 15 is 0 Å². The van der Waals surface area contributed by atoms with Gasteiger partial charge in [0, 0.05) is 12.1 Å². The van der Waals surface area contributed by atoms with Crippen LogP contribution < -0.4 is 11.3 Å². The maximum absolute atomic E-state index is 11.2. The van der Waals surface area contributed by atoms with E-state index < -0.39 is 5.91 Å². The van der Waals surface area contributed by atoms with E-state index in [2.05, 4.69) is 17.0 Å². The van der Waals surface area contributed by atoms with E-state index in [1.165, 1.54) is 12.8 Å². The maximum Gasteiger partial charge on any atom is 0.287 e. The minimum Gasteiger partial charge on any atom is -0.359 e. The minimum atomic E-state index is -0.426. The lowest BCUT2D eigenvalue weighted by Gasteiger charge is -2.17. The van der Waals surface area contributed by atoms with Crippen molar-refractivity contribution in [3.8, 4) is 0 Å². The van der Waals surface area contributed by atoms with Crippen LogP contribution in [0, 0.1) is 0 Å². The van der Waals surface area contributed by atoms with E-state index in [0.717, 1.165) is 6.54 Å². The Labute approximate surface area is 93.7 Å². The van der Waals surface area contributed by atoms with Gasteiger partial charge in [0.15, 0.2) is 11.5 Å². The zero-order valence-corrected chi connectivity index (χ0v) is 9.27. The molecule has 1 amide bonds. The number of carbonyl (C=O) groups is 1. The Hall–Kier alpha value is -1.40. The molecule has 0 bridgehead atoms. The average Bonchev–Trinajstić information content (AvgIpc) is 3.04. The lowest BCUT2D eigenvalue weighted by molar-refractivity contribution is 0.0944. The van der Waals surface area contributed by atoms with Gasteiger partial charge in [-0.05, 0) is 19.4 Å². The van der Waals surface area contributed by atoms with Gasteiger partial charge in [-0.1, -0.05) is 12.1 Å². The van der Waals surface area contributed by atoms with Crippen molar-refractivity contribution in [3.05, 3.63) is 17.5 Å². The largest absolute Gasteiger partial charge is 0.359 e. The fourth-order valence-corrected chi connectivity index (χ4v) is 1.71. The summed E-state index contributed by atoms with van der Waals surface area (Å²) in [7, 11) is 0. The summed E-state index contributed by atoms with van der Waals surface area (Å²) in [6.07, 6.45) is 2.50. The first-order valence-electron chi connectivity index (χ1n) is 5.45. The van der Waals surface area contributed by atoms with Crippen LogP contribution in [0.15, 0.2) is 10.6 Å². The predicted molar refractivity (Wildman–Crippen MR) is 57.3 cm³/mol. The number of nitrogens with zero attached hydrogens (tertiary/aromatic N) is 2. The summed E-state index contributed by atoms with van der Waals surface area (Å²) in [6, 6.07) is 2.30. The zero-order chi connectivity index (χ0) is 11.5. The van der Waals surface area contributed by atoms with Gasteiger partial charge in [-0.3, -0.25) is 15.1 Å². The van der Waals surface area contributed by atoms with Gasteiger partial charge in [0.05, 0.1) is 6.54 Å². The molecule has 2 rings (SSSR count). The number of nitrogens with two attached hydrogens (primary N) is 1. The molecule has 16 heavy (non-hydrogen) atoms. The Balaban J connectivity index is 1.98. The molecule has 0 unspecified atom stereocenters. The Morgan fingerprint density at radius 2 is 2.50 bits per heavy atom. The lowest BCUT2D eigenvalue weighted by atomic mass is 10.3. The Morgan fingerprint density at radius 3 is 3.06 bits per heavy atom. The molecule has 1 heterocycles. The molecular formula is C10H16N4O2. The number of hydrogen-bond donors (Lipinski definition) is 2. The molecule has 0 saturated heterocycles. The number of amides is 1. The predicted octanol–water partition coefficient (Wildman–Crippen LogP) is 0.262. The van der Waals surface area contributed by atoms with Crippen molar-refractivity contribution in [2.24, 2.45) is 5.84 Å². The van der Waals surface area contributed by atoms with Crippen LogP contribution in [0.5, 0.6) is 0 Å². The first kappa shape index (κ1) is 11.1. The van der Waals surface area contributed by atoms with Gasteiger partial charge in [-0.15, -0.1) is 0 Å². The van der Waals surface area contributed by atoms with E-state index in [1.54, 1.807) is 6.07 Å². The highest BCUT2D eigenvalue weighted by atomic mass is 16.5. The van der Waals surface area contributed by atoms with Gasteiger partial charge in [0.2, 0.25) is 0 Å². The van der Waals surface area contributed by atoms with Gasteiger partial charge in [-0.25, -0.2) is 5.84 Å². The second-order valence-electron chi connectivity index (χ2n) is 3.95. The van der Waals surface area contributed by atoms with Crippen molar-refractivity contribution in [2.75, 3.05) is 6.54 Å². The zero-order valence-electron chi connectivity index (χ0n) is 9.27. The molecule has 1 aliphatic carbocycles. The SMILES string of the molecule is CCN(Cc1cc(C(=O)NN)no1)C1CC1. The summed E-state index contributed by atoms with van der Waals surface area (Å²) in [4.78, 5) is 13.5. The van der Waals surface area contributed by atoms with Crippen molar-refractivity contribution < 1.29 is 9.32 Å². The molecule has 1 fully saturated rings. The van der Waals surface area contributed by atoms with Crippen LogP contribution in [0.25, 0.3) is 0 Å². The van der Waals surface area contributed by atoms with Crippen molar-refractivity contribution in [3.63, 3.8) is 0 Å². The average molecular weight is 224 g/mol. The molecule has 1 saturated carbocycles. The second-order valence-corrected chi connectivity index (χ2v) is 3.95. The Bertz CT molecular complexity index is 373. The van der Waals surface area contributed by atoms with Gasteiger partial charge < -0.3 is 4.52 Å². The third-order valence-corrected chi connectivity index (χ3v) is 2.75. The quantitative estimate of drug-likeness (QED) is 0.426. The molecule has 0 atom stereocenters. The van der Waals surface area contributed by atoms with Crippen LogP contribution in [-0.4, -0.2) is 28.6 Å². The van der Waals surface area contributed by atoms with Crippen LogP contribution in [0.4, 0.5) is 0 Å². The van der Waals surface area contributed by atoms with Crippen molar-refractivity contribution >= 4 is 5.91 Å². The highest BCUT2D eigenvalue weighted by Gasteiger charge is 2.28. The maximum atomic E-state index is 11.2. The van der Waals surface area contributed by atoms with Crippen molar-refractivity contribution in [1.29, 1.82) is 0 Å². The monoisotopic (exact) mass is 224 g/mol. The van der Waals surface area contributed by atoms with Gasteiger partial charge in [-0.2, -0.15) is 0 Å². The summed E-state index contributed by atoms with van der Waals surface area (Å²) in [5.74, 6) is 5.28. The van der Waals surface area contributed by atoms with E-state index in [4.69, 9.17) is 10.4 Å². The second kappa shape index (κ2) is 4.63. The molecular weight excluding hydrogens is 208 g/mol. The number of hydrazine groups is 1.